The van der Waals surface area contributed by atoms with Gasteiger partial charge in [0.05, 0.1) is 19.9 Å². The Bertz CT molecular complexity index is 360. The van der Waals surface area contributed by atoms with Crippen LogP contribution >= 0.6 is 11.6 Å². The van der Waals surface area contributed by atoms with Gasteiger partial charge in [0.1, 0.15) is 10.6 Å². The molecule has 1 aromatic rings. The molecule has 16 heavy (non-hydrogen) atoms. The van der Waals surface area contributed by atoms with Crippen molar-refractivity contribution in [2.24, 2.45) is 0 Å². The van der Waals surface area contributed by atoms with Gasteiger partial charge in [-0.2, -0.15) is 4.98 Å². The molecule has 90 valence electrons. The predicted molar refractivity (Wildman–Crippen MR) is 59.8 cm³/mol. The summed E-state index contributed by atoms with van der Waals surface area (Å²) in [5.41, 5.74) is -1.23. The number of hydrogen-bond donors (Lipinski definition) is 3. The normalized spacial score (nSPS) is 14.3. The fraction of sp³-hybridized carbons (Fsp3) is 0.556. The molecule has 1 heterocycles. The van der Waals surface area contributed by atoms with E-state index in [2.05, 4.69) is 15.3 Å². The van der Waals surface area contributed by atoms with Gasteiger partial charge in [-0.25, -0.2) is 4.98 Å². The Labute approximate surface area is 98.3 Å². The van der Waals surface area contributed by atoms with Crippen molar-refractivity contribution in [2.75, 3.05) is 25.6 Å². The van der Waals surface area contributed by atoms with Crippen LogP contribution in [0.25, 0.3) is 0 Å². The highest BCUT2D eigenvalue weighted by atomic mass is 35.5. The number of halogens is 1. The molecule has 1 unspecified atom stereocenters. The molecule has 1 atom stereocenters. The molecule has 0 radical (unpaired) electrons. The van der Waals surface area contributed by atoms with Crippen LogP contribution in [0.4, 0.5) is 5.82 Å². The van der Waals surface area contributed by atoms with Crippen molar-refractivity contribution < 1.29 is 14.9 Å². The maximum absolute atomic E-state index is 9.57. The number of anilines is 1. The number of aliphatic hydroxyl groups excluding tert-OH is 1. The molecule has 0 bridgehead atoms. The number of ether oxygens (including phenoxy) is 1. The largest absolute Gasteiger partial charge is 0.467 e. The highest BCUT2D eigenvalue weighted by Crippen LogP contribution is 2.20. The lowest BCUT2D eigenvalue weighted by atomic mass is 10.1. The average Bonchev–Trinajstić information content (AvgIpc) is 2.28. The van der Waals surface area contributed by atoms with Gasteiger partial charge in [0.2, 0.25) is 0 Å². The minimum Gasteiger partial charge on any atom is -0.467 e. The van der Waals surface area contributed by atoms with E-state index in [0.717, 1.165) is 0 Å². The third-order valence-corrected chi connectivity index (χ3v) is 2.16. The summed E-state index contributed by atoms with van der Waals surface area (Å²) in [6.45, 7) is 1.25. The Kier molecular flexibility index (Phi) is 4.28. The van der Waals surface area contributed by atoms with E-state index in [1.165, 1.54) is 20.2 Å². The number of nitrogens with zero attached hydrogens (tertiary/aromatic N) is 2. The first kappa shape index (κ1) is 13.0. The third-order valence-electron chi connectivity index (χ3n) is 1.88. The lowest BCUT2D eigenvalue weighted by Gasteiger charge is -2.21. The SMILES string of the molecule is COc1ncc(Cl)c(NCC(C)(O)CO)n1. The lowest BCUT2D eigenvalue weighted by molar-refractivity contribution is 0.0131. The maximum atomic E-state index is 9.57. The number of methoxy groups -OCH3 is 1. The quantitative estimate of drug-likeness (QED) is 0.694. The Morgan fingerprint density at radius 2 is 2.31 bits per heavy atom. The summed E-state index contributed by atoms with van der Waals surface area (Å²) in [5, 5.41) is 21.6. The van der Waals surface area contributed by atoms with Gasteiger partial charge in [-0.15, -0.1) is 0 Å². The van der Waals surface area contributed by atoms with Gasteiger partial charge in [0.15, 0.2) is 5.82 Å². The number of aromatic nitrogens is 2. The summed E-state index contributed by atoms with van der Waals surface area (Å²) in [4.78, 5) is 7.76. The zero-order valence-corrected chi connectivity index (χ0v) is 9.82. The number of aliphatic hydroxyl groups is 2. The molecule has 0 saturated heterocycles. The van der Waals surface area contributed by atoms with Gasteiger partial charge in [-0.05, 0) is 6.92 Å². The predicted octanol–water partition coefficient (Wildman–Crippen LogP) is 0.294. The molecule has 0 aliphatic carbocycles. The van der Waals surface area contributed by atoms with Gasteiger partial charge in [-0.3, -0.25) is 0 Å². The number of rotatable bonds is 5. The molecule has 0 fully saturated rings. The summed E-state index contributed by atoms with van der Waals surface area (Å²) in [6, 6.07) is 0.176. The van der Waals surface area contributed by atoms with Crippen LogP contribution in [-0.2, 0) is 0 Å². The van der Waals surface area contributed by atoms with Crippen LogP contribution in [0.5, 0.6) is 6.01 Å². The smallest absolute Gasteiger partial charge is 0.318 e. The van der Waals surface area contributed by atoms with Crippen molar-refractivity contribution in [3.05, 3.63) is 11.2 Å². The highest BCUT2D eigenvalue weighted by Gasteiger charge is 2.19. The van der Waals surface area contributed by atoms with Crippen LogP contribution in [0.1, 0.15) is 6.92 Å². The third kappa shape index (κ3) is 3.48. The van der Waals surface area contributed by atoms with Crippen molar-refractivity contribution in [1.29, 1.82) is 0 Å². The molecule has 7 heteroatoms. The average molecular weight is 248 g/mol. The first-order valence-electron chi connectivity index (χ1n) is 4.62. The van der Waals surface area contributed by atoms with Crippen molar-refractivity contribution in [3.8, 4) is 6.01 Å². The molecule has 0 saturated carbocycles. The van der Waals surface area contributed by atoms with Crippen LogP contribution in [0.15, 0.2) is 6.20 Å². The Balaban J connectivity index is 2.73. The van der Waals surface area contributed by atoms with Gasteiger partial charge in [-0.1, -0.05) is 11.6 Å². The maximum Gasteiger partial charge on any atom is 0.318 e. The van der Waals surface area contributed by atoms with Crippen LogP contribution in [0.2, 0.25) is 5.02 Å². The van der Waals surface area contributed by atoms with E-state index in [4.69, 9.17) is 21.4 Å². The molecule has 6 nitrogen and oxygen atoms in total. The van der Waals surface area contributed by atoms with Crippen LogP contribution < -0.4 is 10.1 Å². The second-order valence-electron chi connectivity index (χ2n) is 3.56. The van der Waals surface area contributed by atoms with E-state index in [9.17, 15) is 5.11 Å². The van der Waals surface area contributed by atoms with Gasteiger partial charge < -0.3 is 20.3 Å². The Morgan fingerprint density at radius 3 is 2.88 bits per heavy atom. The summed E-state index contributed by atoms with van der Waals surface area (Å²) >= 11 is 5.84. The zero-order chi connectivity index (χ0) is 12.2. The minimum absolute atomic E-state index is 0.114. The van der Waals surface area contributed by atoms with E-state index in [-0.39, 0.29) is 19.2 Å². The molecule has 0 amide bonds. The number of nitrogens with one attached hydrogen (secondary N) is 1. The summed E-state index contributed by atoms with van der Waals surface area (Å²) in [7, 11) is 1.44. The highest BCUT2D eigenvalue weighted by molar-refractivity contribution is 6.32. The van der Waals surface area contributed by atoms with Gasteiger partial charge in [0, 0.05) is 6.54 Å². The number of hydrogen-bond acceptors (Lipinski definition) is 6. The molecule has 0 aliphatic heterocycles. The second kappa shape index (κ2) is 5.29. The Hall–Kier alpha value is -1.11. The molecule has 0 spiro atoms. The van der Waals surface area contributed by atoms with E-state index in [0.29, 0.717) is 10.8 Å². The van der Waals surface area contributed by atoms with E-state index in [1.54, 1.807) is 0 Å². The standard InChI is InChI=1S/C9H14ClN3O3/c1-9(15,5-14)4-12-7-6(10)3-11-8(13-7)16-2/h3,14-15H,4-5H2,1-2H3,(H,11,12,13). The monoisotopic (exact) mass is 247 g/mol. The van der Waals surface area contributed by atoms with E-state index < -0.39 is 5.60 Å². The summed E-state index contributed by atoms with van der Waals surface area (Å²) in [6.07, 6.45) is 1.39. The van der Waals surface area contributed by atoms with Crippen LogP contribution in [0.3, 0.4) is 0 Å². The molecule has 1 rings (SSSR count). The van der Waals surface area contributed by atoms with E-state index >= 15 is 0 Å². The topological polar surface area (TPSA) is 87.5 Å². The minimum atomic E-state index is -1.23. The summed E-state index contributed by atoms with van der Waals surface area (Å²) in [5.74, 6) is 0.349. The first-order chi connectivity index (χ1) is 7.48. The molecule has 1 aromatic heterocycles. The zero-order valence-electron chi connectivity index (χ0n) is 9.07. The van der Waals surface area contributed by atoms with Crippen molar-refractivity contribution in [1.82, 2.24) is 9.97 Å². The summed E-state index contributed by atoms with van der Waals surface area (Å²) < 4.78 is 4.84. The Morgan fingerprint density at radius 1 is 1.62 bits per heavy atom. The van der Waals surface area contributed by atoms with Crippen molar-refractivity contribution in [2.45, 2.75) is 12.5 Å². The van der Waals surface area contributed by atoms with Gasteiger partial charge >= 0.3 is 6.01 Å². The van der Waals surface area contributed by atoms with Crippen molar-refractivity contribution in [3.63, 3.8) is 0 Å². The van der Waals surface area contributed by atoms with Gasteiger partial charge in [0.25, 0.3) is 0 Å². The molecule has 0 aromatic carbocycles. The molecular formula is C9H14ClN3O3. The first-order valence-corrected chi connectivity index (χ1v) is 5.00. The lowest BCUT2D eigenvalue weighted by Crippen LogP contribution is -2.37. The van der Waals surface area contributed by atoms with Crippen LogP contribution in [-0.4, -0.2) is 46.0 Å². The molecule has 3 N–H and O–H groups in total. The second-order valence-corrected chi connectivity index (χ2v) is 3.97. The molecule has 0 aliphatic rings. The molecular weight excluding hydrogens is 234 g/mol. The fourth-order valence-corrected chi connectivity index (χ4v) is 1.06. The van der Waals surface area contributed by atoms with Crippen LogP contribution in [0, 0.1) is 0 Å². The van der Waals surface area contributed by atoms with Crippen molar-refractivity contribution >= 4 is 17.4 Å². The fourth-order valence-electron chi connectivity index (χ4n) is 0.903. The van der Waals surface area contributed by atoms with E-state index in [1.807, 2.05) is 0 Å².